The summed E-state index contributed by atoms with van der Waals surface area (Å²) in [5, 5.41) is 3.31. The van der Waals surface area contributed by atoms with Crippen LogP contribution in [0.2, 0.25) is 0 Å². The van der Waals surface area contributed by atoms with Crippen molar-refractivity contribution in [3.8, 4) is 0 Å². The van der Waals surface area contributed by atoms with Crippen molar-refractivity contribution in [1.82, 2.24) is 9.88 Å². The van der Waals surface area contributed by atoms with Crippen molar-refractivity contribution in [3.63, 3.8) is 0 Å². The van der Waals surface area contributed by atoms with Gasteiger partial charge in [0.05, 0.1) is 12.5 Å². The first-order valence-electron chi connectivity index (χ1n) is 8.37. The van der Waals surface area contributed by atoms with E-state index < -0.39 is 0 Å². The molecule has 3 rings (SSSR count). The summed E-state index contributed by atoms with van der Waals surface area (Å²) in [6, 6.07) is 6.00. The van der Waals surface area contributed by atoms with Gasteiger partial charge in [-0.1, -0.05) is 6.07 Å². The van der Waals surface area contributed by atoms with Gasteiger partial charge in [0.2, 0.25) is 0 Å². The molecule has 124 valence electrons. The van der Waals surface area contributed by atoms with Crippen molar-refractivity contribution in [2.24, 2.45) is 5.92 Å². The number of carbonyl (C=O) groups excluding carboxylic acids is 2. The molecule has 1 aromatic heterocycles. The van der Waals surface area contributed by atoms with Gasteiger partial charge in [0, 0.05) is 19.1 Å². The SMILES string of the molecule is CCOC(=O)C1CCN(C(=O)c2cccc(NC3CC3)n2)CC1. The Bertz CT molecular complexity index is 578. The number of esters is 1. The molecular formula is C17H23N3O3. The van der Waals surface area contributed by atoms with E-state index in [1.54, 1.807) is 11.0 Å². The van der Waals surface area contributed by atoms with Crippen molar-refractivity contribution in [2.45, 2.75) is 38.6 Å². The molecule has 0 unspecified atom stereocenters. The van der Waals surface area contributed by atoms with Gasteiger partial charge in [0.25, 0.3) is 5.91 Å². The molecule has 1 amide bonds. The van der Waals surface area contributed by atoms with Crippen molar-refractivity contribution in [3.05, 3.63) is 23.9 Å². The second-order valence-electron chi connectivity index (χ2n) is 6.15. The number of carbonyl (C=O) groups is 2. The van der Waals surface area contributed by atoms with Gasteiger partial charge >= 0.3 is 5.97 Å². The van der Waals surface area contributed by atoms with Gasteiger partial charge in [0.1, 0.15) is 11.5 Å². The molecule has 1 aliphatic heterocycles. The van der Waals surface area contributed by atoms with E-state index in [9.17, 15) is 9.59 Å². The lowest BCUT2D eigenvalue weighted by Crippen LogP contribution is -2.41. The minimum atomic E-state index is -0.145. The number of nitrogens with one attached hydrogen (secondary N) is 1. The van der Waals surface area contributed by atoms with Gasteiger partial charge in [-0.15, -0.1) is 0 Å². The summed E-state index contributed by atoms with van der Waals surface area (Å²) in [4.78, 5) is 30.5. The average Bonchev–Trinajstić information content (AvgIpc) is 3.39. The average molecular weight is 317 g/mol. The zero-order valence-corrected chi connectivity index (χ0v) is 13.5. The lowest BCUT2D eigenvalue weighted by molar-refractivity contribution is -0.149. The molecule has 23 heavy (non-hydrogen) atoms. The van der Waals surface area contributed by atoms with Gasteiger partial charge < -0.3 is 15.0 Å². The lowest BCUT2D eigenvalue weighted by Gasteiger charge is -2.30. The molecule has 1 saturated carbocycles. The van der Waals surface area contributed by atoms with Crippen molar-refractivity contribution in [1.29, 1.82) is 0 Å². The van der Waals surface area contributed by atoms with E-state index in [0.717, 1.165) is 5.82 Å². The molecule has 0 radical (unpaired) electrons. The molecular weight excluding hydrogens is 294 g/mol. The Hall–Kier alpha value is -2.11. The zero-order valence-electron chi connectivity index (χ0n) is 13.5. The number of likely N-dealkylation sites (tertiary alicyclic amines) is 1. The van der Waals surface area contributed by atoms with Crippen LogP contribution in [0.5, 0.6) is 0 Å². The predicted octanol–water partition coefficient (Wildman–Crippen LogP) is 2.07. The first-order chi connectivity index (χ1) is 11.2. The van der Waals surface area contributed by atoms with E-state index in [0.29, 0.717) is 44.3 Å². The molecule has 2 fully saturated rings. The summed E-state index contributed by atoms with van der Waals surface area (Å²) in [6.45, 7) is 3.36. The maximum atomic E-state index is 12.6. The molecule has 2 heterocycles. The zero-order chi connectivity index (χ0) is 16.2. The van der Waals surface area contributed by atoms with E-state index in [2.05, 4.69) is 10.3 Å². The summed E-state index contributed by atoms with van der Waals surface area (Å²) in [5.74, 6) is 0.467. The standard InChI is InChI=1S/C17H23N3O3/c1-2-23-17(22)12-8-10-20(11-9-12)16(21)14-4-3-5-15(19-14)18-13-6-7-13/h3-5,12-13H,2,6-11H2,1H3,(H,18,19). The normalized spacial score (nSPS) is 18.6. The van der Waals surface area contributed by atoms with Crippen LogP contribution in [-0.4, -0.2) is 47.5 Å². The van der Waals surface area contributed by atoms with E-state index in [1.807, 2.05) is 19.1 Å². The van der Waals surface area contributed by atoms with Crippen LogP contribution in [0.3, 0.4) is 0 Å². The summed E-state index contributed by atoms with van der Waals surface area (Å²) >= 11 is 0. The number of rotatable bonds is 5. The number of anilines is 1. The predicted molar refractivity (Wildman–Crippen MR) is 86.1 cm³/mol. The van der Waals surface area contributed by atoms with Gasteiger partial charge in [-0.05, 0) is 44.7 Å². The third-order valence-corrected chi connectivity index (χ3v) is 4.30. The first kappa shape index (κ1) is 15.8. The Kier molecular flexibility index (Phi) is 4.79. The minimum Gasteiger partial charge on any atom is -0.466 e. The lowest BCUT2D eigenvalue weighted by atomic mass is 9.97. The van der Waals surface area contributed by atoms with Crippen molar-refractivity contribution < 1.29 is 14.3 Å². The van der Waals surface area contributed by atoms with Gasteiger partial charge in [-0.25, -0.2) is 4.98 Å². The molecule has 0 atom stereocenters. The largest absolute Gasteiger partial charge is 0.466 e. The van der Waals surface area contributed by atoms with Crippen LogP contribution in [-0.2, 0) is 9.53 Å². The fourth-order valence-electron chi connectivity index (χ4n) is 2.81. The van der Waals surface area contributed by atoms with Crippen molar-refractivity contribution in [2.75, 3.05) is 25.0 Å². The van der Waals surface area contributed by atoms with E-state index in [1.165, 1.54) is 12.8 Å². The smallest absolute Gasteiger partial charge is 0.309 e. The number of pyridine rings is 1. The van der Waals surface area contributed by atoms with E-state index in [4.69, 9.17) is 4.74 Å². The highest BCUT2D eigenvalue weighted by Gasteiger charge is 2.29. The Morgan fingerprint density at radius 1 is 1.26 bits per heavy atom. The fourth-order valence-corrected chi connectivity index (χ4v) is 2.81. The summed E-state index contributed by atoms with van der Waals surface area (Å²) in [7, 11) is 0. The summed E-state index contributed by atoms with van der Waals surface area (Å²) in [6.07, 6.45) is 3.65. The van der Waals surface area contributed by atoms with Crippen LogP contribution in [0.15, 0.2) is 18.2 Å². The number of hydrogen-bond acceptors (Lipinski definition) is 5. The second-order valence-corrected chi connectivity index (χ2v) is 6.15. The van der Waals surface area contributed by atoms with Crippen LogP contribution in [0.1, 0.15) is 43.1 Å². The first-order valence-corrected chi connectivity index (χ1v) is 8.37. The maximum absolute atomic E-state index is 12.6. The highest BCUT2D eigenvalue weighted by atomic mass is 16.5. The molecule has 1 saturated heterocycles. The third kappa shape index (κ3) is 4.00. The van der Waals surface area contributed by atoms with E-state index >= 15 is 0 Å². The Morgan fingerprint density at radius 3 is 2.65 bits per heavy atom. The van der Waals surface area contributed by atoms with Crippen LogP contribution < -0.4 is 5.32 Å². The van der Waals surface area contributed by atoms with Crippen LogP contribution in [0.4, 0.5) is 5.82 Å². The third-order valence-electron chi connectivity index (χ3n) is 4.30. The molecule has 2 aliphatic rings. The number of piperidine rings is 1. The number of nitrogens with zero attached hydrogens (tertiary/aromatic N) is 2. The molecule has 0 aromatic carbocycles. The highest BCUT2D eigenvalue weighted by Crippen LogP contribution is 2.24. The Balaban J connectivity index is 1.57. The monoisotopic (exact) mass is 317 g/mol. The van der Waals surface area contributed by atoms with Crippen LogP contribution in [0, 0.1) is 5.92 Å². The number of ether oxygens (including phenoxy) is 1. The van der Waals surface area contributed by atoms with Gasteiger partial charge in [-0.3, -0.25) is 9.59 Å². The van der Waals surface area contributed by atoms with Crippen molar-refractivity contribution >= 4 is 17.7 Å². The number of aromatic nitrogens is 1. The molecule has 6 heteroatoms. The van der Waals surface area contributed by atoms with Gasteiger partial charge in [0.15, 0.2) is 0 Å². The number of amides is 1. The fraction of sp³-hybridized carbons (Fsp3) is 0.588. The molecule has 1 N–H and O–H groups in total. The molecule has 1 aliphatic carbocycles. The highest BCUT2D eigenvalue weighted by molar-refractivity contribution is 5.92. The van der Waals surface area contributed by atoms with Crippen LogP contribution >= 0.6 is 0 Å². The minimum absolute atomic E-state index is 0.0632. The molecule has 0 bridgehead atoms. The van der Waals surface area contributed by atoms with Gasteiger partial charge in [-0.2, -0.15) is 0 Å². The molecule has 6 nitrogen and oxygen atoms in total. The molecule has 1 aromatic rings. The topological polar surface area (TPSA) is 71.5 Å². The Labute approximate surface area is 136 Å². The quantitative estimate of drug-likeness (QED) is 0.842. The summed E-state index contributed by atoms with van der Waals surface area (Å²) in [5.41, 5.74) is 0.463. The molecule has 0 spiro atoms. The van der Waals surface area contributed by atoms with Crippen LogP contribution in [0.25, 0.3) is 0 Å². The number of hydrogen-bond donors (Lipinski definition) is 1. The maximum Gasteiger partial charge on any atom is 0.309 e. The second kappa shape index (κ2) is 6.98. The Morgan fingerprint density at radius 2 is 2.00 bits per heavy atom. The van der Waals surface area contributed by atoms with E-state index in [-0.39, 0.29) is 17.8 Å². The summed E-state index contributed by atoms with van der Waals surface area (Å²) < 4.78 is 5.06.